The van der Waals surface area contributed by atoms with Crippen molar-refractivity contribution in [3.05, 3.63) is 65.9 Å². The van der Waals surface area contributed by atoms with Crippen molar-refractivity contribution in [3.8, 4) is 5.75 Å². The van der Waals surface area contributed by atoms with Gasteiger partial charge in [-0.2, -0.15) is 18.2 Å². The Morgan fingerprint density at radius 1 is 0.912 bits per heavy atom. The first-order valence-electron chi connectivity index (χ1n) is 11.7. The molecule has 1 aliphatic carbocycles. The number of nitrogens with one attached hydrogen (secondary N) is 2. The molecule has 4 rings (SSSR count). The SMILES string of the molecule is CCCc1ccc(Nc2nc(Nc3ccc(OC4CCCCC4)cc3)ncc2C(F)(F)F)cc1. The Kier molecular flexibility index (Phi) is 7.55. The third-order valence-electron chi connectivity index (χ3n) is 5.81. The van der Waals surface area contributed by atoms with Gasteiger partial charge in [0.1, 0.15) is 17.1 Å². The molecular weight excluding hydrogens is 441 g/mol. The molecule has 0 unspecified atom stereocenters. The summed E-state index contributed by atoms with van der Waals surface area (Å²) in [5.74, 6) is 0.546. The highest BCUT2D eigenvalue weighted by Crippen LogP contribution is 2.35. The first-order valence-corrected chi connectivity index (χ1v) is 11.7. The normalized spacial score (nSPS) is 14.6. The number of aryl methyl sites for hydroxylation is 1. The summed E-state index contributed by atoms with van der Waals surface area (Å²) in [6, 6.07) is 14.6. The second-order valence-corrected chi connectivity index (χ2v) is 8.55. The molecule has 1 heterocycles. The summed E-state index contributed by atoms with van der Waals surface area (Å²) in [6.45, 7) is 2.08. The van der Waals surface area contributed by atoms with Gasteiger partial charge in [0.15, 0.2) is 0 Å². The lowest BCUT2D eigenvalue weighted by Crippen LogP contribution is -2.19. The summed E-state index contributed by atoms with van der Waals surface area (Å²) in [6.07, 6.45) is 4.15. The quantitative estimate of drug-likeness (QED) is 0.354. The summed E-state index contributed by atoms with van der Waals surface area (Å²) in [4.78, 5) is 8.00. The van der Waals surface area contributed by atoms with E-state index in [-0.39, 0.29) is 17.9 Å². The molecule has 0 bridgehead atoms. The summed E-state index contributed by atoms with van der Waals surface area (Å²) in [7, 11) is 0. The molecule has 1 aromatic heterocycles. The minimum Gasteiger partial charge on any atom is -0.490 e. The highest BCUT2D eigenvalue weighted by atomic mass is 19.4. The van der Waals surface area contributed by atoms with Gasteiger partial charge in [0.25, 0.3) is 0 Å². The van der Waals surface area contributed by atoms with Crippen molar-refractivity contribution in [2.75, 3.05) is 10.6 Å². The smallest absolute Gasteiger partial charge is 0.421 e. The van der Waals surface area contributed by atoms with Gasteiger partial charge in [-0.25, -0.2) is 4.98 Å². The molecule has 0 atom stereocenters. The van der Waals surface area contributed by atoms with Gasteiger partial charge in [-0.1, -0.05) is 31.9 Å². The maximum absolute atomic E-state index is 13.6. The molecule has 3 aromatic rings. The third-order valence-corrected chi connectivity index (χ3v) is 5.81. The Balaban J connectivity index is 1.48. The minimum atomic E-state index is -4.58. The van der Waals surface area contributed by atoms with E-state index < -0.39 is 11.7 Å². The second kappa shape index (κ2) is 10.8. The van der Waals surface area contributed by atoms with Crippen LogP contribution in [0.2, 0.25) is 0 Å². The fourth-order valence-electron chi connectivity index (χ4n) is 4.05. The van der Waals surface area contributed by atoms with Crippen LogP contribution >= 0.6 is 0 Å². The van der Waals surface area contributed by atoms with Gasteiger partial charge in [-0.3, -0.25) is 0 Å². The summed E-state index contributed by atoms with van der Waals surface area (Å²) in [5, 5.41) is 5.78. The number of alkyl halides is 3. The van der Waals surface area contributed by atoms with E-state index in [1.807, 2.05) is 24.3 Å². The first-order chi connectivity index (χ1) is 16.4. The van der Waals surface area contributed by atoms with Gasteiger partial charge in [0.2, 0.25) is 5.95 Å². The van der Waals surface area contributed by atoms with Crippen molar-refractivity contribution in [2.24, 2.45) is 0 Å². The number of aromatic nitrogens is 2. The fraction of sp³-hybridized carbons (Fsp3) is 0.385. The number of hydrogen-bond acceptors (Lipinski definition) is 5. The molecule has 0 radical (unpaired) electrons. The topological polar surface area (TPSA) is 59.1 Å². The lowest BCUT2D eigenvalue weighted by molar-refractivity contribution is -0.137. The first kappa shape index (κ1) is 23.9. The number of rotatable bonds is 8. The van der Waals surface area contributed by atoms with Crippen LogP contribution in [0.4, 0.5) is 36.3 Å². The molecule has 2 N–H and O–H groups in total. The molecule has 0 saturated heterocycles. The van der Waals surface area contributed by atoms with Crippen LogP contribution in [0, 0.1) is 0 Å². The van der Waals surface area contributed by atoms with E-state index in [9.17, 15) is 13.2 Å². The molecule has 0 spiro atoms. The van der Waals surface area contributed by atoms with Crippen molar-refractivity contribution in [2.45, 2.75) is 64.1 Å². The minimum absolute atomic E-state index is 0.0686. The third kappa shape index (κ3) is 6.40. The van der Waals surface area contributed by atoms with Crippen LogP contribution in [-0.2, 0) is 12.6 Å². The Morgan fingerprint density at radius 2 is 1.56 bits per heavy atom. The summed E-state index contributed by atoms with van der Waals surface area (Å²) < 4.78 is 46.7. The Morgan fingerprint density at radius 3 is 2.21 bits per heavy atom. The Hall–Kier alpha value is -3.29. The van der Waals surface area contributed by atoms with Gasteiger partial charge in [-0.05, 0) is 74.1 Å². The molecule has 8 heteroatoms. The number of halogens is 3. The van der Waals surface area contributed by atoms with Crippen LogP contribution in [0.5, 0.6) is 5.75 Å². The molecule has 1 saturated carbocycles. The zero-order chi connectivity index (χ0) is 24.0. The monoisotopic (exact) mass is 470 g/mol. The number of anilines is 4. The van der Waals surface area contributed by atoms with Gasteiger partial charge in [0, 0.05) is 17.6 Å². The zero-order valence-electron chi connectivity index (χ0n) is 19.2. The highest BCUT2D eigenvalue weighted by Gasteiger charge is 2.35. The molecule has 180 valence electrons. The van der Waals surface area contributed by atoms with Gasteiger partial charge < -0.3 is 15.4 Å². The summed E-state index contributed by atoms with van der Waals surface area (Å²) in [5.41, 5.74) is 1.39. The average molecular weight is 471 g/mol. The number of hydrogen-bond donors (Lipinski definition) is 2. The van der Waals surface area contributed by atoms with E-state index in [2.05, 4.69) is 27.5 Å². The lowest BCUT2D eigenvalue weighted by Gasteiger charge is -2.23. The van der Waals surface area contributed by atoms with Crippen LogP contribution in [0.15, 0.2) is 54.7 Å². The average Bonchev–Trinajstić information content (AvgIpc) is 2.82. The molecule has 1 aliphatic rings. The Bertz CT molecular complexity index is 1060. The van der Waals surface area contributed by atoms with Gasteiger partial charge in [0.05, 0.1) is 6.10 Å². The summed E-state index contributed by atoms with van der Waals surface area (Å²) >= 11 is 0. The van der Waals surface area contributed by atoms with E-state index in [0.29, 0.717) is 11.4 Å². The molecule has 34 heavy (non-hydrogen) atoms. The predicted octanol–water partition coefficient (Wildman–Crippen LogP) is 7.65. The van der Waals surface area contributed by atoms with Gasteiger partial charge >= 0.3 is 6.18 Å². The molecule has 5 nitrogen and oxygen atoms in total. The number of benzene rings is 2. The number of nitrogens with zero attached hydrogens (tertiary/aromatic N) is 2. The lowest BCUT2D eigenvalue weighted by atomic mass is 9.98. The van der Waals surface area contributed by atoms with E-state index in [1.54, 1.807) is 24.3 Å². The van der Waals surface area contributed by atoms with E-state index in [0.717, 1.165) is 43.2 Å². The van der Waals surface area contributed by atoms with Crippen molar-refractivity contribution >= 4 is 23.1 Å². The Labute approximate surface area is 197 Å². The highest BCUT2D eigenvalue weighted by molar-refractivity contribution is 5.63. The van der Waals surface area contributed by atoms with Crippen LogP contribution in [0.3, 0.4) is 0 Å². The van der Waals surface area contributed by atoms with Crippen molar-refractivity contribution < 1.29 is 17.9 Å². The molecule has 0 aliphatic heterocycles. The predicted molar refractivity (Wildman–Crippen MR) is 128 cm³/mol. The maximum Gasteiger partial charge on any atom is 0.421 e. The standard InChI is InChI=1S/C26H29F3N4O/c1-2-6-18-9-11-19(12-10-18)31-24-23(26(27,28)29)17-30-25(33-24)32-20-13-15-22(16-14-20)34-21-7-4-3-5-8-21/h9-17,21H,2-8H2,1H3,(H2,30,31,32,33). The van der Waals surface area contributed by atoms with Crippen LogP contribution in [0.1, 0.15) is 56.6 Å². The molecule has 0 amide bonds. The second-order valence-electron chi connectivity index (χ2n) is 8.55. The molecular formula is C26H29F3N4O. The van der Waals surface area contributed by atoms with Crippen molar-refractivity contribution in [1.29, 1.82) is 0 Å². The fourth-order valence-corrected chi connectivity index (χ4v) is 4.05. The maximum atomic E-state index is 13.6. The largest absolute Gasteiger partial charge is 0.490 e. The molecule has 1 fully saturated rings. The number of ether oxygens (including phenoxy) is 1. The van der Waals surface area contributed by atoms with Crippen LogP contribution < -0.4 is 15.4 Å². The van der Waals surface area contributed by atoms with E-state index in [4.69, 9.17) is 4.74 Å². The zero-order valence-corrected chi connectivity index (χ0v) is 19.2. The van der Waals surface area contributed by atoms with Crippen molar-refractivity contribution in [1.82, 2.24) is 9.97 Å². The van der Waals surface area contributed by atoms with Crippen molar-refractivity contribution in [3.63, 3.8) is 0 Å². The van der Waals surface area contributed by atoms with Gasteiger partial charge in [-0.15, -0.1) is 0 Å². The van der Waals surface area contributed by atoms with E-state index in [1.165, 1.54) is 19.3 Å². The van der Waals surface area contributed by atoms with E-state index >= 15 is 0 Å². The van der Waals surface area contributed by atoms with Crippen LogP contribution in [-0.4, -0.2) is 16.1 Å². The van der Waals surface area contributed by atoms with Crippen LogP contribution in [0.25, 0.3) is 0 Å². The molecule has 2 aromatic carbocycles.